The monoisotopic (exact) mass is 380 g/mol. The Morgan fingerprint density at radius 2 is 1.74 bits per heavy atom. The van der Waals surface area contributed by atoms with E-state index in [9.17, 15) is 4.79 Å². The molecule has 140 valence electrons. The average molecular weight is 381 g/mol. The molecule has 0 saturated heterocycles. The molecule has 4 nitrogen and oxygen atoms in total. The highest BCUT2D eigenvalue weighted by Crippen LogP contribution is 2.32. The van der Waals surface area contributed by atoms with Crippen LogP contribution in [-0.2, 0) is 4.79 Å². The van der Waals surface area contributed by atoms with Crippen molar-refractivity contribution in [3.8, 4) is 11.5 Å². The normalized spacial score (nSPS) is 16.9. The highest BCUT2D eigenvalue weighted by Gasteiger charge is 2.31. The summed E-state index contributed by atoms with van der Waals surface area (Å²) in [6.07, 6.45) is 0.959. The smallest absolute Gasteiger partial charge is 0.173 e. The molecular weight excluding hydrogens is 356 g/mol. The van der Waals surface area contributed by atoms with Crippen LogP contribution in [-0.4, -0.2) is 22.3 Å². The van der Waals surface area contributed by atoms with Crippen LogP contribution < -0.4 is 10.1 Å². The number of benzene rings is 2. The van der Waals surface area contributed by atoms with Gasteiger partial charge >= 0.3 is 0 Å². The van der Waals surface area contributed by atoms with Crippen LogP contribution in [0, 0.1) is 0 Å². The van der Waals surface area contributed by atoms with E-state index in [0.717, 1.165) is 41.3 Å². The molecule has 2 aromatic rings. The Bertz CT molecular complexity index is 860. The van der Waals surface area contributed by atoms with Gasteiger partial charge in [0.15, 0.2) is 10.9 Å². The van der Waals surface area contributed by atoms with Gasteiger partial charge in [0.1, 0.15) is 11.5 Å². The van der Waals surface area contributed by atoms with Crippen LogP contribution in [0.25, 0.3) is 0 Å². The van der Waals surface area contributed by atoms with E-state index in [-0.39, 0.29) is 11.8 Å². The summed E-state index contributed by atoms with van der Waals surface area (Å²) >= 11 is 5.54. The molecule has 1 N–H and O–H groups in total. The second-order valence-corrected chi connectivity index (χ2v) is 6.96. The van der Waals surface area contributed by atoms with Crippen molar-refractivity contribution in [3.05, 3.63) is 71.4 Å². The third-order valence-corrected chi connectivity index (χ3v) is 4.95. The largest absolute Gasteiger partial charge is 0.457 e. The molecule has 5 heteroatoms. The van der Waals surface area contributed by atoms with E-state index in [4.69, 9.17) is 17.0 Å². The van der Waals surface area contributed by atoms with Gasteiger partial charge < -0.3 is 15.0 Å². The van der Waals surface area contributed by atoms with E-state index in [2.05, 4.69) is 12.2 Å². The molecule has 0 fully saturated rings. The summed E-state index contributed by atoms with van der Waals surface area (Å²) < 4.78 is 5.85. The predicted molar refractivity (Wildman–Crippen MR) is 112 cm³/mol. The van der Waals surface area contributed by atoms with Crippen molar-refractivity contribution in [2.24, 2.45) is 0 Å². The Morgan fingerprint density at radius 3 is 2.33 bits per heavy atom. The summed E-state index contributed by atoms with van der Waals surface area (Å²) in [4.78, 5) is 14.4. The molecule has 0 aliphatic carbocycles. The van der Waals surface area contributed by atoms with Crippen LogP contribution >= 0.6 is 12.2 Å². The highest BCUT2D eigenvalue weighted by atomic mass is 32.1. The Labute approximate surface area is 165 Å². The number of thiocarbonyl (C=S) groups is 1. The van der Waals surface area contributed by atoms with Crippen LogP contribution in [0.2, 0.25) is 0 Å². The third-order valence-electron chi connectivity index (χ3n) is 4.62. The minimum Gasteiger partial charge on any atom is -0.457 e. The van der Waals surface area contributed by atoms with E-state index >= 15 is 0 Å². The number of rotatable bonds is 6. The van der Waals surface area contributed by atoms with Crippen LogP contribution in [0.5, 0.6) is 11.5 Å². The van der Waals surface area contributed by atoms with Crippen molar-refractivity contribution in [3.63, 3.8) is 0 Å². The molecule has 0 saturated carbocycles. The summed E-state index contributed by atoms with van der Waals surface area (Å²) in [6.45, 7) is 6.48. The maximum Gasteiger partial charge on any atom is 0.173 e. The predicted octanol–water partition coefficient (Wildman–Crippen LogP) is 4.98. The number of ether oxygens (including phenoxy) is 1. The molecule has 0 spiro atoms. The molecule has 2 aromatic carbocycles. The molecule has 3 rings (SSSR count). The fourth-order valence-corrected chi connectivity index (χ4v) is 3.68. The molecule has 1 unspecified atom stereocenters. The maximum atomic E-state index is 12.4. The summed E-state index contributed by atoms with van der Waals surface area (Å²) in [7, 11) is 0. The van der Waals surface area contributed by atoms with Crippen molar-refractivity contribution in [1.82, 2.24) is 10.2 Å². The molecule has 27 heavy (non-hydrogen) atoms. The molecule has 0 bridgehead atoms. The minimum absolute atomic E-state index is 0.0539. The standard InChI is InChI=1S/C22H24N2O2S/c1-4-14-24-15(2)20(16(3)25)21(23-22(24)27)17-10-12-19(13-11-17)26-18-8-6-5-7-9-18/h5-13,21H,4,14H2,1-3H3,(H,23,27). The molecule has 0 aromatic heterocycles. The number of carbonyl (C=O) groups excluding carboxylic acids is 1. The Balaban J connectivity index is 1.88. The number of nitrogens with zero attached hydrogens (tertiary/aromatic N) is 1. The second-order valence-electron chi connectivity index (χ2n) is 6.57. The SMILES string of the molecule is CCCN1C(=S)NC(c2ccc(Oc3ccccc3)cc2)C(C(C)=O)=C1C. The zero-order chi connectivity index (χ0) is 19.4. The van der Waals surface area contributed by atoms with Gasteiger partial charge in [-0.05, 0) is 62.3 Å². The topological polar surface area (TPSA) is 41.6 Å². The minimum atomic E-state index is -0.242. The lowest BCUT2D eigenvalue weighted by atomic mass is 9.92. The summed E-state index contributed by atoms with van der Waals surface area (Å²) in [5.41, 5.74) is 2.68. The van der Waals surface area contributed by atoms with Crippen LogP contribution in [0.4, 0.5) is 0 Å². The zero-order valence-corrected chi connectivity index (χ0v) is 16.7. The molecule has 1 heterocycles. The third kappa shape index (κ3) is 4.19. The lowest BCUT2D eigenvalue weighted by Crippen LogP contribution is -2.47. The van der Waals surface area contributed by atoms with Gasteiger partial charge in [-0.15, -0.1) is 0 Å². The van der Waals surface area contributed by atoms with Crippen LogP contribution in [0.15, 0.2) is 65.9 Å². The van der Waals surface area contributed by atoms with E-state index in [1.165, 1.54) is 0 Å². The van der Waals surface area contributed by atoms with E-state index in [1.54, 1.807) is 6.92 Å². The number of para-hydroxylation sites is 1. The zero-order valence-electron chi connectivity index (χ0n) is 15.9. The quantitative estimate of drug-likeness (QED) is 0.716. The lowest BCUT2D eigenvalue weighted by molar-refractivity contribution is -0.114. The number of Topliss-reactive ketones (excluding diaryl/α,β-unsaturated/α-hetero) is 1. The van der Waals surface area contributed by atoms with Gasteiger partial charge in [0.2, 0.25) is 0 Å². The second kappa shape index (κ2) is 8.35. The van der Waals surface area contributed by atoms with Gasteiger partial charge in [0.05, 0.1) is 6.04 Å². The molecule has 0 radical (unpaired) electrons. The average Bonchev–Trinajstić information content (AvgIpc) is 2.66. The molecule has 1 aliphatic heterocycles. The first-order valence-corrected chi connectivity index (χ1v) is 9.54. The Morgan fingerprint density at radius 1 is 1.11 bits per heavy atom. The first kappa shape index (κ1) is 19.1. The number of ketones is 1. The highest BCUT2D eigenvalue weighted by molar-refractivity contribution is 7.80. The van der Waals surface area contributed by atoms with Gasteiger partial charge in [0, 0.05) is 17.8 Å². The van der Waals surface area contributed by atoms with Gasteiger partial charge in [-0.3, -0.25) is 4.79 Å². The van der Waals surface area contributed by atoms with Crippen molar-refractivity contribution in [2.75, 3.05) is 6.54 Å². The Hall–Kier alpha value is -2.66. The number of hydrogen-bond acceptors (Lipinski definition) is 3. The van der Waals surface area contributed by atoms with Crippen molar-refractivity contribution < 1.29 is 9.53 Å². The van der Waals surface area contributed by atoms with Crippen molar-refractivity contribution in [1.29, 1.82) is 0 Å². The van der Waals surface area contributed by atoms with E-state index < -0.39 is 0 Å². The maximum absolute atomic E-state index is 12.4. The van der Waals surface area contributed by atoms with Gasteiger partial charge in [0.25, 0.3) is 0 Å². The van der Waals surface area contributed by atoms with Crippen LogP contribution in [0.1, 0.15) is 38.8 Å². The number of nitrogens with one attached hydrogen (secondary N) is 1. The summed E-state index contributed by atoms with van der Waals surface area (Å²) in [6, 6.07) is 17.2. The molecule has 1 aliphatic rings. The lowest BCUT2D eigenvalue weighted by Gasteiger charge is -2.37. The first-order chi connectivity index (χ1) is 13.0. The van der Waals surface area contributed by atoms with Crippen molar-refractivity contribution in [2.45, 2.75) is 33.2 Å². The van der Waals surface area contributed by atoms with Crippen LogP contribution in [0.3, 0.4) is 0 Å². The van der Waals surface area contributed by atoms with Crippen molar-refractivity contribution >= 4 is 23.1 Å². The van der Waals surface area contributed by atoms with E-state index in [0.29, 0.717) is 5.11 Å². The summed E-state index contributed by atoms with van der Waals surface area (Å²) in [5, 5.41) is 4.00. The van der Waals surface area contributed by atoms with Gasteiger partial charge in [-0.2, -0.15) is 0 Å². The molecule has 0 amide bonds. The molecule has 1 atom stereocenters. The Kier molecular flexibility index (Phi) is 5.91. The van der Waals surface area contributed by atoms with Gasteiger partial charge in [-0.1, -0.05) is 37.3 Å². The first-order valence-electron chi connectivity index (χ1n) is 9.14. The molecular formula is C22H24N2O2S. The summed E-state index contributed by atoms with van der Waals surface area (Å²) in [5.74, 6) is 1.59. The van der Waals surface area contributed by atoms with Gasteiger partial charge in [-0.25, -0.2) is 0 Å². The number of allylic oxidation sites excluding steroid dienone is 1. The fourth-order valence-electron chi connectivity index (χ4n) is 3.33. The number of carbonyl (C=O) groups is 1. The fraction of sp³-hybridized carbons (Fsp3) is 0.273. The number of hydrogen-bond donors (Lipinski definition) is 1. The van der Waals surface area contributed by atoms with E-state index in [1.807, 2.05) is 66.4 Å².